The summed E-state index contributed by atoms with van der Waals surface area (Å²) in [7, 11) is 2.86. The smallest absolute Gasteiger partial charge is 0.160 e. The molecule has 2 N–H and O–H groups in total. The number of hydrogen-bond acceptors (Lipinski definition) is 6. The zero-order valence-corrected chi connectivity index (χ0v) is 22.2. The number of fused-ring (bicyclic) bond motifs is 1. The quantitative estimate of drug-likeness (QED) is 0.306. The summed E-state index contributed by atoms with van der Waals surface area (Å²) < 4.78 is 7.52. The maximum Gasteiger partial charge on any atom is 0.160 e. The van der Waals surface area contributed by atoms with Crippen LogP contribution in [0.2, 0.25) is 0 Å². The molecule has 0 saturated carbocycles. The summed E-state index contributed by atoms with van der Waals surface area (Å²) in [6.07, 6.45) is 22.0. The van der Waals surface area contributed by atoms with E-state index in [2.05, 4.69) is 63.6 Å². The van der Waals surface area contributed by atoms with E-state index >= 15 is 0 Å². The van der Waals surface area contributed by atoms with Crippen molar-refractivity contribution in [2.45, 2.75) is 32.3 Å². The predicted octanol–water partition coefficient (Wildman–Crippen LogP) is 5.17. The van der Waals surface area contributed by atoms with Crippen molar-refractivity contribution in [3.8, 4) is 0 Å². The summed E-state index contributed by atoms with van der Waals surface area (Å²) in [4.78, 5) is 12.1. The first-order chi connectivity index (χ1) is 17.6. The fourth-order valence-electron chi connectivity index (χ4n) is 4.20. The SMILES string of the molecule is C\C=C/C(=C\C=C\CC)c1cc2nc(N=C(/C=C\N)C3=CC=CC(P)C3)cc(N3CCOCC3)n2n1. The van der Waals surface area contributed by atoms with Crippen LogP contribution >= 0.6 is 9.24 Å². The zero-order valence-electron chi connectivity index (χ0n) is 21.0. The van der Waals surface area contributed by atoms with Gasteiger partial charge >= 0.3 is 0 Å². The number of allylic oxidation sites excluding steroid dienone is 11. The number of nitrogens with two attached hydrogens (primary N) is 1. The number of ether oxygens (including phenoxy) is 1. The Morgan fingerprint density at radius 2 is 2.11 bits per heavy atom. The maximum absolute atomic E-state index is 5.79. The minimum atomic E-state index is 0.372. The molecule has 1 aliphatic carbocycles. The second kappa shape index (κ2) is 12.6. The minimum Gasteiger partial charge on any atom is -0.405 e. The molecule has 1 aliphatic heterocycles. The van der Waals surface area contributed by atoms with E-state index in [4.69, 9.17) is 25.5 Å². The van der Waals surface area contributed by atoms with Crippen molar-refractivity contribution in [2.75, 3.05) is 31.2 Å². The fourth-order valence-corrected chi connectivity index (χ4v) is 4.58. The average molecular weight is 503 g/mol. The molecule has 4 rings (SSSR count). The fraction of sp³-hybridized carbons (Fsp3) is 0.321. The Hall–Kier alpha value is -3.28. The highest BCUT2D eigenvalue weighted by Crippen LogP contribution is 2.28. The molecule has 188 valence electrons. The van der Waals surface area contributed by atoms with Crippen molar-refractivity contribution < 1.29 is 4.74 Å². The number of rotatable bonds is 8. The van der Waals surface area contributed by atoms with Gasteiger partial charge in [0.15, 0.2) is 11.5 Å². The molecule has 8 heteroatoms. The molecule has 2 aromatic heterocycles. The van der Waals surface area contributed by atoms with Crippen LogP contribution in [-0.2, 0) is 4.74 Å². The topological polar surface area (TPSA) is 81.0 Å². The molecule has 1 fully saturated rings. The van der Waals surface area contributed by atoms with Gasteiger partial charge < -0.3 is 15.4 Å². The summed E-state index contributed by atoms with van der Waals surface area (Å²) in [5.74, 6) is 1.58. The lowest BCUT2D eigenvalue weighted by atomic mass is 10.00. The zero-order chi connectivity index (χ0) is 25.3. The van der Waals surface area contributed by atoms with Gasteiger partial charge in [-0.25, -0.2) is 9.98 Å². The number of morpholine rings is 1. The molecule has 2 atom stereocenters. The molecule has 36 heavy (non-hydrogen) atoms. The highest BCUT2D eigenvalue weighted by atomic mass is 31.0. The third kappa shape index (κ3) is 6.28. The van der Waals surface area contributed by atoms with Crippen LogP contribution in [0.4, 0.5) is 11.6 Å². The lowest BCUT2D eigenvalue weighted by Crippen LogP contribution is -2.37. The van der Waals surface area contributed by atoms with Gasteiger partial charge in [-0.15, -0.1) is 9.24 Å². The third-order valence-corrected chi connectivity index (χ3v) is 6.41. The van der Waals surface area contributed by atoms with Crippen LogP contribution in [0.1, 0.15) is 32.4 Å². The van der Waals surface area contributed by atoms with E-state index in [1.807, 2.05) is 35.7 Å². The molecule has 0 aromatic carbocycles. The highest BCUT2D eigenvalue weighted by Gasteiger charge is 2.19. The van der Waals surface area contributed by atoms with Gasteiger partial charge in [0.2, 0.25) is 0 Å². The molecular weight excluding hydrogens is 467 g/mol. The molecule has 1 saturated heterocycles. The van der Waals surface area contributed by atoms with Gasteiger partial charge in [-0.05, 0) is 43.3 Å². The van der Waals surface area contributed by atoms with Crippen molar-refractivity contribution in [3.05, 3.63) is 84.3 Å². The molecule has 0 radical (unpaired) electrons. The van der Waals surface area contributed by atoms with Crippen LogP contribution in [0, 0.1) is 0 Å². The van der Waals surface area contributed by atoms with Crippen LogP contribution in [0.25, 0.3) is 11.2 Å². The van der Waals surface area contributed by atoms with Gasteiger partial charge in [-0.2, -0.15) is 9.61 Å². The molecule has 0 bridgehead atoms. The number of aromatic nitrogens is 3. The molecule has 2 unspecified atom stereocenters. The molecule has 2 aromatic rings. The van der Waals surface area contributed by atoms with Crippen LogP contribution < -0.4 is 10.6 Å². The first-order valence-electron chi connectivity index (χ1n) is 12.5. The lowest BCUT2D eigenvalue weighted by Gasteiger charge is -2.28. The Morgan fingerprint density at radius 3 is 2.83 bits per heavy atom. The van der Waals surface area contributed by atoms with Gasteiger partial charge in [0.25, 0.3) is 0 Å². The van der Waals surface area contributed by atoms with E-state index in [1.54, 1.807) is 0 Å². The van der Waals surface area contributed by atoms with Gasteiger partial charge in [0, 0.05) is 30.8 Å². The van der Waals surface area contributed by atoms with Crippen LogP contribution in [0.15, 0.2) is 83.6 Å². The third-order valence-electron chi connectivity index (χ3n) is 5.95. The summed E-state index contributed by atoms with van der Waals surface area (Å²) in [6, 6.07) is 4.03. The van der Waals surface area contributed by atoms with Gasteiger partial charge in [0.05, 0.1) is 24.6 Å². The Balaban J connectivity index is 1.84. The monoisotopic (exact) mass is 502 g/mol. The van der Waals surface area contributed by atoms with Crippen LogP contribution in [-0.4, -0.2) is 52.3 Å². The van der Waals surface area contributed by atoms with Crippen LogP contribution in [0.5, 0.6) is 0 Å². The first-order valence-corrected chi connectivity index (χ1v) is 13.1. The van der Waals surface area contributed by atoms with Crippen LogP contribution in [0.3, 0.4) is 0 Å². The number of anilines is 1. The van der Waals surface area contributed by atoms with Crippen molar-refractivity contribution in [1.82, 2.24) is 14.6 Å². The molecule has 0 spiro atoms. The highest BCUT2D eigenvalue weighted by molar-refractivity contribution is 7.18. The summed E-state index contributed by atoms with van der Waals surface area (Å²) >= 11 is 0. The van der Waals surface area contributed by atoms with E-state index in [1.165, 1.54) is 6.20 Å². The second-order valence-corrected chi connectivity index (χ2v) is 9.49. The molecule has 7 nitrogen and oxygen atoms in total. The van der Waals surface area contributed by atoms with Crippen molar-refractivity contribution in [1.29, 1.82) is 0 Å². The summed E-state index contributed by atoms with van der Waals surface area (Å²) in [5, 5.41) is 4.95. The molecule has 2 aliphatic rings. The summed E-state index contributed by atoms with van der Waals surface area (Å²) in [6.45, 7) is 7.07. The minimum absolute atomic E-state index is 0.372. The normalized spacial score (nSPS) is 19.9. The Labute approximate surface area is 215 Å². The maximum atomic E-state index is 5.79. The number of nitrogens with zero attached hydrogens (tertiary/aromatic N) is 5. The van der Waals surface area contributed by atoms with Crippen molar-refractivity contribution >= 4 is 37.8 Å². The lowest BCUT2D eigenvalue weighted by molar-refractivity contribution is 0.122. The van der Waals surface area contributed by atoms with E-state index in [0.29, 0.717) is 24.7 Å². The van der Waals surface area contributed by atoms with Gasteiger partial charge in [-0.3, -0.25) is 0 Å². The molecular formula is C28H35N6OP. The standard InChI is InChI=1S/C28H35N6OP/c1-3-5-6-9-21(8-4-2)25-19-27-31-26(20-28(34(27)32-25)33-14-16-35-17-15-33)30-24(12-13-29)22-10-7-11-23(36)18-22/h4-13,19-20,23H,3,14-18,29,36H2,1-2H3/b6-5+,8-4-,13-12-,21-9+,30-24?. The van der Waals surface area contributed by atoms with Crippen molar-refractivity contribution in [2.24, 2.45) is 10.7 Å². The Bertz CT molecular complexity index is 1270. The average Bonchev–Trinajstić information content (AvgIpc) is 3.32. The second-order valence-electron chi connectivity index (χ2n) is 8.63. The molecule has 3 heterocycles. The predicted molar refractivity (Wildman–Crippen MR) is 154 cm³/mol. The molecule has 0 amide bonds. The van der Waals surface area contributed by atoms with E-state index in [-0.39, 0.29) is 0 Å². The number of aliphatic imine (C=N–C) groups is 1. The van der Waals surface area contributed by atoms with Crippen molar-refractivity contribution in [3.63, 3.8) is 0 Å². The first kappa shape index (κ1) is 25.8. The Kier molecular flexibility index (Phi) is 9.04. The van der Waals surface area contributed by atoms with E-state index in [9.17, 15) is 0 Å². The number of hydrogen-bond donors (Lipinski definition) is 1. The summed E-state index contributed by atoms with van der Waals surface area (Å²) in [5.41, 5.74) is 10.8. The van der Waals surface area contributed by atoms with Gasteiger partial charge in [0.1, 0.15) is 5.82 Å². The van der Waals surface area contributed by atoms with E-state index in [0.717, 1.165) is 59.9 Å². The van der Waals surface area contributed by atoms with Gasteiger partial charge in [-0.1, -0.05) is 55.5 Å². The Morgan fingerprint density at radius 1 is 1.28 bits per heavy atom. The largest absolute Gasteiger partial charge is 0.405 e. The van der Waals surface area contributed by atoms with E-state index < -0.39 is 0 Å².